The minimum atomic E-state index is -0.293. The van der Waals surface area contributed by atoms with Crippen molar-refractivity contribution in [2.24, 2.45) is 7.05 Å². The van der Waals surface area contributed by atoms with E-state index in [-0.39, 0.29) is 24.6 Å². The first-order valence-electron chi connectivity index (χ1n) is 6.26. The van der Waals surface area contributed by atoms with Crippen LogP contribution in [0, 0.1) is 0 Å². The lowest BCUT2D eigenvalue weighted by Crippen LogP contribution is -2.07. The number of rotatable bonds is 8. The molecule has 0 unspecified atom stereocenters. The van der Waals surface area contributed by atoms with Gasteiger partial charge in [0, 0.05) is 26.1 Å². The third kappa shape index (κ3) is 5.61. The minimum Gasteiger partial charge on any atom is -0.466 e. The molecule has 0 aliphatic heterocycles. The molecule has 0 atom stereocenters. The fourth-order valence-electron chi connectivity index (χ4n) is 1.69. The number of ether oxygens (including phenoxy) is 1. The molecular weight excluding hydrogens is 232 g/mol. The van der Waals surface area contributed by atoms with Crippen LogP contribution in [0.3, 0.4) is 0 Å². The topological polar surface area (TPSA) is 61.2 Å². The Labute approximate surface area is 107 Å². The molecule has 1 heterocycles. The van der Waals surface area contributed by atoms with Gasteiger partial charge in [0.05, 0.1) is 19.2 Å². The normalized spacial score (nSPS) is 10.3. The monoisotopic (exact) mass is 252 g/mol. The van der Waals surface area contributed by atoms with Gasteiger partial charge in [-0.15, -0.1) is 0 Å². The molecule has 0 radical (unpaired) electrons. The second-order valence-electron chi connectivity index (χ2n) is 4.22. The molecule has 0 spiro atoms. The molecule has 100 valence electrons. The molecule has 5 heteroatoms. The van der Waals surface area contributed by atoms with Gasteiger partial charge in [0.25, 0.3) is 0 Å². The van der Waals surface area contributed by atoms with Gasteiger partial charge in [0.1, 0.15) is 5.78 Å². The van der Waals surface area contributed by atoms with Crippen LogP contribution < -0.4 is 0 Å². The van der Waals surface area contributed by atoms with E-state index in [1.807, 2.05) is 19.4 Å². The van der Waals surface area contributed by atoms with Crippen LogP contribution in [0.4, 0.5) is 0 Å². The predicted octanol–water partition coefficient (Wildman–Crippen LogP) is 1.66. The number of aryl methyl sites for hydroxylation is 2. The van der Waals surface area contributed by atoms with Crippen molar-refractivity contribution in [2.45, 2.75) is 39.0 Å². The van der Waals surface area contributed by atoms with Crippen molar-refractivity contribution in [1.82, 2.24) is 9.78 Å². The first kappa shape index (κ1) is 14.4. The molecule has 0 saturated heterocycles. The SMILES string of the molecule is CCOC(=O)CCC(=O)CCCc1cnn(C)c1. The molecule has 1 aromatic rings. The summed E-state index contributed by atoms with van der Waals surface area (Å²) in [6, 6.07) is 0. The lowest BCUT2D eigenvalue weighted by molar-refractivity contribution is -0.144. The van der Waals surface area contributed by atoms with Crippen molar-refractivity contribution < 1.29 is 14.3 Å². The maximum atomic E-state index is 11.5. The van der Waals surface area contributed by atoms with E-state index in [0.717, 1.165) is 18.4 Å². The number of nitrogens with zero attached hydrogens (tertiary/aromatic N) is 2. The molecule has 18 heavy (non-hydrogen) atoms. The maximum Gasteiger partial charge on any atom is 0.306 e. The zero-order valence-corrected chi connectivity index (χ0v) is 11.0. The summed E-state index contributed by atoms with van der Waals surface area (Å²) in [5, 5.41) is 4.06. The number of carbonyl (C=O) groups excluding carboxylic acids is 2. The van der Waals surface area contributed by atoms with Crippen molar-refractivity contribution in [3.63, 3.8) is 0 Å². The first-order chi connectivity index (χ1) is 8.61. The van der Waals surface area contributed by atoms with Gasteiger partial charge in [-0.25, -0.2) is 0 Å². The van der Waals surface area contributed by atoms with Crippen LogP contribution >= 0.6 is 0 Å². The van der Waals surface area contributed by atoms with Crippen LogP contribution in [-0.4, -0.2) is 28.1 Å². The van der Waals surface area contributed by atoms with Gasteiger partial charge in [-0.3, -0.25) is 14.3 Å². The zero-order chi connectivity index (χ0) is 13.4. The number of Topliss-reactive ketones (excluding diaryl/α,β-unsaturated/α-hetero) is 1. The molecule has 0 amide bonds. The highest BCUT2D eigenvalue weighted by atomic mass is 16.5. The van der Waals surface area contributed by atoms with E-state index in [1.165, 1.54) is 0 Å². The van der Waals surface area contributed by atoms with Gasteiger partial charge in [-0.2, -0.15) is 5.10 Å². The highest BCUT2D eigenvalue weighted by Crippen LogP contribution is 2.06. The van der Waals surface area contributed by atoms with Gasteiger partial charge in [-0.1, -0.05) is 0 Å². The fourth-order valence-corrected chi connectivity index (χ4v) is 1.69. The Hall–Kier alpha value is -1.65. The molecule has 1 rings (SSSR count). The summed E-state index contributed by atoms with van der Waals surface area (Å²) in [6.45, 7) is 2.13. The average Bonchev–Trinajstić information content (AvgIpc) is 2.73. The van der Waals surface area contributed by atoms with Crippen LogP contribution in [0.25, 0.3) is 0 Å². The smallest absolute Gasteiger partial charge is 0.306 e. The van der Waals surface area contributed by atoms with E-state index < -0.39 is 0 Å². The Morgan fingerprint density at radius 2 is 2.11 bits per heavy atom. The third-order valence-corrected chi connectivity index (χ3v) is 2.59. The molecule has 5 nitrogen and oxygen atoms in total. The van der Waals surface area contributed by atoms with Gasteiger partial charge in [0.15, 0.2) is 0 Å². The number of ketones is 1. The Bertz CT molecular complexity index is 399. The third-order valence-electron chi connectivity index (χ3n) is 2.59. The standard InChI is InChI=1S/C13H20N2O3/c1-3-18-13(17)8-7-12(16)6-4-5-11-9-14-15(2)10-11/h9-10H,3-8H2,1-2H3. The van der Waals surface area contributed by atoms with Crippen LogP contribution in [0.5, 0.6) is 0 Å². The Balaban J connectivity index is 2.12. The Morgan fingerprint density at radius 3 is 2.72 bits per heavy atom. The lowest BCUT2D eigenvalue weighted by Gasteiger charge is -2.01. The van der Waals surface area contributed by atoms with Crippen LogP contribution in [0.1, 0.15) is 38.2 Å². The quantitative estimate of drug-likeness (QED) is 0.660. The first-order valence-corrected chi connectivity index (χ1v) is 6.26. The summed E-state index contributed by atoms with van der Waals surface area (Å²) >= 11 is 0. The van der Waals surface area contributed by atoms with Crippen molar-refractivity contribution >= 4 is 11.8 Å². The van der Waals surface area contributed by atoms with E-state index in [2.05, 4.69) is 5.10 Å². The van der Waals surface area contributed by atoms with Gasteiger partial charge in [0.2, 0.25) is 0 Å². The van der Waals surface area contributed by atoms with Crippen LogP contribution in [-0.2, 0) is 27.8 Å². The fraction of sp³-hybridized carbons (Fsp3) is 0.615. The lowest BCUT2D eigenvalue weighted by atomic mass is 10.1. The van der Waals surface area contributed by atoms with E-state index in [0.29, 0.717) is 13.0 Å². The molecule has 1 aromatic heterocycles. The largest absolute Gasteiger partial charge is 0.466 e. The van der Waals surface area contributed by atoms with Gasteiger partial charge >= 0.3 is 5.97 Å². The number of carbonyl (C=O) groups is 2. The minimum absolute atomic E-state index is 0.118. The molecular formula is C13H20N2O3. The van der Waals surface area contributed by atoms with Crippen LogP contribution in [0.2, 0.25) is 0 Å². The summed E-state index contributed by atoms with van der Waals surface area (Å²) in [6.07, 6.45) is 6.39. The van der Waals surface area contributed by atoms with E-state index in [1.54, 1.807) is 11.6 Å². The molecule has 0 fully saturated rings. The van der Waals surface area contributed by atoms with E-state index in [9.17, 15) is 9.59 Å². The van der Waals surface area contributed by atoms with Gasteiger partial charge < -0.3 is 4.74 Å². The van der Waals surface area contributed by atoms with Crippen molar-refractivity contribution in [3.8, 4) is 0 Å². The second-order valence-corrected chi connectivity index (χ2v) is 4.22. The highest BCUT2D eigenvalue weighted by Gasteiger charge is 2.07. The van der Waals surface area contributed by atoms with Crippen molar-refractivity contribution in [1.29, 1.82) is 0 Å². The molecule has 0 bridgehead atoms. The average molecular weight is 252 g/mol. The summed E-state index contributed by atoms with van der Waals surface area (Å²) in [7, 11) is 1.87. The second kappa shape index (κ2) is 7.63. The zero-order valence-electron chi connectivity index (χ0n) is 11.0. The molecule has 0 aliphatic rings. The molecule has 0 saturated carbocycles. The van der Waals surface area contributed by atoms with Crippen molar-refractivity contribution in [2.75, 3.05) is 6.61 Å². The Morgan fingerprint density at radius 1 is 1.33 bits per heavy atom. The number of esters is 1. The van der Waals surface area contributed by atoms with E-state index >= 15 is 0 Å². The highest BCUT2D eigenvalue weighted by molar-refractivity contribution is 5.82. The molecule has 0 N–H and O–H groups in total. The summed E-state index contributed by atoms with van der Waals surface area (Å²) in [5.41, 5.74) is 1.13. The maximum absolute atomic E-state index is 11.5. The number of hydrogen-bond acceptors (Lipinski definition) is 4. The molecule has 0 aromatic carbocycles. The molecule has 0 aliphatic carbocycles. The predicted molar refractivity (Wildman–Crippen MR) is 67.0 cm³/mol. The number of aromatic nitrogens is 2. The van der Waals surface area contributed by atoms with E-state index in [4.69, 9.17) is 4.74 Å². The van der Waals surface area contributed by atoms with Crippen LogP contribution in [0.15, 0.2) is 12.4 Å². The van der Waals surface area contributed by atoms with Crippen molar-refractivity contribution in [3.05, 3.63) is 18.0 Å². The summed E-state index contributed by atoms with van der Waals surface area (Å²) in [5.74, 6) is -0.176. The Kier molecular flexibility index (Phi) is 6.11. The van der Waals surface area contributed by atoms with Gasteiger partial charge in [-0.05, 0) is 25.3 Å². The summed E-state index contributed by atoms with van der Waals surface area (Å²) in [4.78, 5) is 22.6. The number of hydrogen-bond donors (Lipinski definition) is 0. The summed E-state index contributed by atoms with van der Waals surface area (Å²) < 4.78 is 6.51.